The molecule has 0 unspecified atom stereocenters. The molecular formula is C19H22F2N2O3. The fraction of sp³-hybridized carbons (Fsp3) is 0.474. The van der Waals surface area contributed by atoms with Crippen LogP contribution in [0, 0.1) is 12.8 Å². The Kier molecular flexibility index (Phi) is 5.09. The smallest absolute Gasteiger partial charge is 0.343 e. The van der Waals surface area contributed by atoms with Gasteiger partial charge in [-0.05, 0) is 18.9 Å². The van der Waals surface area contributed by atoms with Gasteiger partial charge in [-0.1, -0.05) is 30.3 Å². The topological polar surface area (TPSA) is 64.4 Å². The Labute approximate surface area is 150 Å². The zero-order valence-electron chi connectivity index (χ0n) is 14.6. The predicted octanol–water partition coefficient (Wildman–Crippen LogP) is 3.06. The van der Waals surface area contributed by atoms with Gasteiger partial charge >= 0.3 is 5.97 Å². The Morgan fingerprint density at radius 3 is 2.73 bits per heavy atom. The van der Waals surface area contributed by atoms with Crippen LogP contribution in [0.3, 0.4) is 0 Å². The van der Waals surface area contributed by atoms with Gasteiger partial charge < -0.3 is 14.4 Å². The van der Waals surface area contributed by atoms with E-state index in [4.69, 9.17) is 4.74 Å². The number of aliphatic hydroxyl groups is 1. The molecule has 26 heavy (non-hydrogen) atoms. The van der Waals surface area contributed by atoms with Crippen LogP contribution in [-0.2, 0) is 21.7 Å². The minimum atomic E-state index is -2.87. The molecule has 0 saturated heterocycles. The van der Waals surface area contributed by atoms with Crippen molar-refractivity contribution >= 4 is 5.97 Å². The van der Waals surface area contributed by atoms with Crippen molar-refractivity contribution in [3.63, 3.8) is 0 Å². The number of carbonyl (C=O) groups is 1. The monoisotopic (exact) mass is 364 g/mol. The highest BCUT2D eigenvalue weighted by molar-refractivity contribution is 5.81. The van der Waals surface area contributed by atoms with Crippen molar-refractivity contribution in [3.05, 3.63) is 54.1 Å². The third-order valence-corrected chi connectivity index (χ3v) is 5.01. The molecule has 3 rings (SSSR count). The summed E-state index contributed by atoms with van der Waals surface area (Å²) in [6.07, 6.45) is 2.58. The summed E-state index contributed by atoms with van der Waals surface area (Å²) < 4.78 is 34.5. The number of ether oxygens (including phenoxy) is 1. The van der Waals surface area contributed by atoms with Gasteiger partial charge in [0.05, 0.1) is 6.54 Å². The summed E-state index contributed by atoms with van der Waals surface area (Å²) in [6, 6.07) is 8.20. The normalized spacial score (nSPS) is 21.3. The van der Waals surface area contributed by atoms with E-state index in [1.54, 1.807) is 47.3 Å². The molecule has 1 aromatic heterocycles. The molecule has 1 heterocycles. The van der Waals surface area contributed by atoms with Crippen LogP contribution >= 0.6 is 0 Å². The lowest BCUT2D eigenvalue weighted by Crippen LogP contribution is -2.44. The number of hydrogen-bond donors (Lipinski definition) is 1. The highest BCUT2D eigenvalue weighted by Gasteiger charge is 2.54. The van der Waals surface area contributed by atoms with Crippen molar-refractivity contribution in [1.82, 2.24) is 9.55 Å². The Balaban J connectivity index is 1.77. The fourth-order valence-corrected chi connectivity index (χ4v) is 3.51. The first kappa shape index (κ1) is 18.5. The molecule has 140 valence electrons. The van der Waals surface area contributed by atoms with E-state index in [9.17, 15) is 18.7 Å². The number of halogens is 2. The molecule has 1 aliphatic rings. The second-order valence-electron chi connectivity index (χ2n) is 6.73. The van der Waals surface area contributed by atoms with Crippen molar-refractivity contribution < 1.29 is 23.4 Å². The molecule has 0 aliphatic heterocycles. The Bertz CT molecular complexity index is 763. The highest BCUT2D eigenvalue weighted by Crippen LogP contribution is 2.47. The number of nitrogens with zero attached hydrogens (tertiary/aromatic N) is 2. The molecule has 5 nitrogen and oxygen atoms in total. The molecule has 2 aromatic rings. The zero-order valence-corrected chi connectivity index (χ0v) is 14.6. The van der Waals surface area contributed by atoms with E-state index in [1.807, 2.05) is 6.92 Å². The van der Waals surface area contributed by atoms with Gasteiger partial charge in [-0.15, -0.1) is 0 Å². The number of aryl methyl sites for hydroxylation is 1. The van der Waals surface area contributed by atoms with Crippen molar-refractivity contribution in [2.75, 3.05) is 6.61 Å². The van der Waals surface area contributed by atoms with Crippen LogP contribution in [0.5, 0.6) is 0 Å². The molecule has 1 saturated carbocycles. The SMILES string of the molecule is Cc1nccn1CCOC(=O)[C@](O)(c1ccccc1)[C@@H]1CCC(F)(F)C1. The van der Waals surface area contributed by atoms with E-state index in [0.29, 0.717) is 6.54 Å². The van der Waals surface area contributed by atoms with Crippen molar-refractivity contribution in [2.24, 2.45) is 5.92 Å². The molecule has 1 aliphatic carbocycles. The standard InChI is InChI=1S/C19H22F2N2O3/c1-14-22-9-10-23(14)11-12-26-17(24)19(25,15-5-3-2-4-6-15)16-7-8-18(20,21)13-16/h2-6,9-10,16,25H,7-8,11-13H2,1H3/t16-,19+/m1/s1. The van der Waals surface area contributed by atoms with Gasteiger partial charge in [0.1, 0.15) is 12.4 Å². The summed E-state index contributed by atoms with van der Waals surface area (Å²) in [5.41, 5.74) is -1.79. The van der Waals surface area contributed by atoms with Crippen LogP contribution in [0.15, 0.2) is 42.7 Å². The molecule has 0 radical (unpaired) electrons. The van der Waals surface area contributed by atoms with Crippen molar-refractivity contribution in [1.29, 1.82) is 0 Å². The van der Waals surface area contributed by atoms with E-state index < -0.39 is 29.8 Å². The summed E-state index contributed by atoms with van der Waals surface area (Å²) in [5.74, 6) is -3.87. The molecule has 1 N–H and O–H groups in total. The largest absolute Gasteiger partial charge is 0.461 e. The number of aromatic nitrogens is 2. The molecule has 2 atom stereocenters. The van der Waals surface area contributed by atoms with Crippen LogP contribution < -0.4 is 0 Å². The first-order valence-corrected chi connectivity index (χ1v) is 8.63. The van der Waals surface area contributed by atoms with E-state index in [0.717, 1.165) is 5.82 Å². The molecule has 0 spiro atoms. The second kappa shape index (κ2) is 7.15. The minimum Gasteiger partial charge on any atom is -0.461 e. The molecule has 1 aromatic carbocycles. The van der Waals surface area contributed by atoms with Gasteiger partial charge in [0.25, 0.3) is 0 Å². The number of carbonyl (C=O) groups excluding carboxylic acids is 1. The van der Waals surface area contributed by atoms with Gasteiger partial charge in [-0.2, -0.15) is 0 Å². The molecule has 7 heteroatoms. The fourth-order valence-electron chi connectivity index (χ4n) is 3.51. The number of imidazole rings is 1. The summed E-state index contributed by atoms with van der Waals surface area (Å²) >= 11 is 0. The van der Waals surface area contributed by atoms with E-state index in [1.165, 1.54) is 0 Å². The predicted molar refractivity (Wildman–Crippen MR) is 90.5 cm³/mol. The van der Waals surface area contributed by atoms with Crippen molar-refractivity contribution in [3.8, 4) is 0 Å². The van der Waals surface area contributed by atoms with Gasteiger partial charge in [-0.3, -0.25) is 0 Å². The van der Waals surface area contributed by atoms with E-state index in [-0.39, 0.29) is 25.0 Å². The van der Waals surface area contributed by atoms with Crippen LogP contribution in [-0.4, -0.2) is 33.2 Å². The summed E-state index contributed by atoms with van der Waals surface area (Å²) in [7, 11) is 0. The maximum atomic E-state index is 13.7. The van der Waals surface area contributed by atoms with Crippen LogP contribution in [0.4, 0.5) is 8.78 Å². The molecule has 1 fully saturated rings. The zero-order chi connectivity index (χ0) is 18.8. The van der Waals surface area contributed by atoms with Crippen molar-refractivity contribution in [2.45, 2.75) is 44.3 Å². The van der Waals surface area contributed by atoms with Crippen LogP contribution in [0.1, 0.15) is 30.7 Å². The number of esters is 1. The lowest BCUT2D eigenvalue weighted by Gasteiger charge is -2.32. The summed E-state index contributed by atoms with van der Waals surface area (Å²) in [5, 5.41) is 11.2. The first-order chi connectivity index (χ1) is 12.3. The van der Waals surface area contributed by atoms with E-state index >= 15 is 0 Å². The number of benzene rings is 1. The number of hydrogen-bond acceptors (Lipinski definition) is 4. The molecular weight excluding hydrogens is 342 g/mol. The third kappa shape index (κ3) is 3.62. The van der Waals surface area contributed by atoms with Crippen LogP contribution in [0.25, 0.3) is 0 Å². The number of alkyl halides is 2. The van der Waals surface area contributed by atoms with E-state index in [2.05, 4.69) is 4.98 Å². The van der Waals surface area contributed by atoms with Gasteiger partial charge in [0.15, 0.2) is 5.60 Å². The molecule has 0 amide bonds. The van der Waals surface area contributed by atoms with Gasteiger partial charge in [0.2, 0.25) is 5.92 Å². The lowest BCUT2D eigenvalue weighted by molar-refractivity contribution is -0.175. The van der Waals surface area contributed by atoms with Gasteiger partial charge in [0, 0.05) is 31.2 Å². The Hall–Kier alpha value is -2.28. The highest BCUT2D eigenvalue weighted by atomic mass is 19.3. The quantitative estimate of drug-likeness (QED) is 0.800. The Morgan fingerprint density at radius 2 is 2.15 bits per heavy atom. The maximum Gasteiger partial charge on any atom is 0.343 e. The van der Waals surface area contributed by atoms with Crippen LogP contribution in [0.2, 0.25) is 0 Å². The Morgan fingerprint density at radius 1 is 1.42 bits per heavy atom. The summed E-state index contributed by atoms with van der Waals surface area (Å²) in [6.45, 7) is 2.22. The average molecular weight is 364 g/mol. The molecule has 0 bridgehead atoms. The number of rotatable bonds is 6. The first-order valence-electron chi connectivity index (χ1n) is 8.63. The third-order valence-electron chi connectivity index (χ3n) is 5.01. The summed E-state index contributed by atoms with van der Waals surface area (Å²) in [4.78, 5) is 16.8. The second-order valence-corrected chi connectivity index (χ2v) is 6.73. The lowest BCUT2D eigenvalue weighted by atomic mass is 9.80. The average Bonchev–Trinajstić information content (AvgIpc) is 3.20. The maximum absolute atomic E-state index is 13.7. The minimum absolute atomic E-state index is 0.0221. The van der Waals surface area contributed by atoms with Gasteiger partial charge in [-0.25, -0.2) is 18.6 Å².